The molecule has 2 amide bonds. The van der Waals surface area contributed by atoms with Gasteiger partial charge in [-0.15, -0.1) is 0 Å². The molecule has 3 rings (SSSR count). The lowest BCUT2D eigenvalue weighted by molar-refractivity contribution is 0.134. The molecule has 1 aliphatic heterocycles. The van der Waals surface area contributed by atoms with Crippen molar-refractivity contribution in [2.75, 3.05) is 26.7 Å². The number of para-hydroxylation sites is 1. The molecular formula is C19H29N3O2. The van der Waals surface area contributed by atoms with Gasteiger partial charge >= 0.3 is 6.03 Å². The molecule has 5 heteroatoms. The average Bonchev–Trinajstić information content (AvgIpc) is 3.41. The smallest absolute Gasteiger partial charge is 0.315 e. The average molecular weight is 331 g/mol. The zero-order valence-corrected chi connectivity index (χ0v) is 14.8. The largest absolute Gasteiger partial charge is 0.496 e. The van der Waals surface area contributed by atoms with Crippen molar-refractivity contribution >= 4 is 6.03 Å². The van der Waals surface area contributed by atoms with E-state index in [1.165, 1.54) is 12.8 Å². The molecule has 2 N–H and O–H groups in total. The maximum Gasteiger partial charge on any atom is 0.315 e. The number of nitrogens with zero attached hydrogens (tertiary/aromatic N) is 1. The Balaban J connectivity index is 1.71. The first-order valence-corrected chi connectivity index (χ1v) is 9.08. The van der Waals surface area contributed by atoms with E-state index in [1.807, 2.05) is 18.2 Å². The molecule has 1 saturated heterocycles. The fourth-order valence-electron chi connectivity index (χ4n) is 3.37. The van der Waals surface area contributed by atoms with E-state index in [-0.39, 0.29) is 12.1 Å². The van der Waals surface area contributed by atoms with Crippen molar-refractivity contribution in [1.29, 1.82) is 0 Å². The Morgan fingerprint density at radius 1 is 1.25 bits per heavy atom. The van der Waals surface area contributed by atoms with Crippen molar-refractivity contribution < 1.29 is 9.53 Å². The third kappa shape index (κ3) is 4.41. The van der Waals surface area contributed by atoms with Gasteiger partial charge in [0.05, 0.1) is 13.2 Å². The lowest BCUT2D eigenvalue weighted by Crippen LogP contribution is -2.45. The zero-order valence-electron chi connectivity index (χ0n) is 14.8. The van der Waals surface area contributed by atoms with Crippen LogP contribution in [-0.2, 0) is 0 Å². The van der Waals surface area contributed by atoms with Gasteiger partial charge in [-0.05, 0) is 50.8 Å². The number of piperidine rings is 1. The van der Waals surface area contributed by atoms with E-state index in [2.05, 4.69) is 28.5 Å². The van der Waals surface area contributed by atoms with Gasteiger partial charge in [0.15, 0.2) is 0 Å². The van der Waals surface area contributed by atoms with Crippen LogP contribution in [0.3, 0.4) is 0 Å². The molecule has 1 aromatic carbocycles. The summed E-state index contributed by atoms with van der Waals surface area (Å²) in [6.07, 6.45) is 4.63. The Morgan fingerprint density at radius 3 is 2.62 bits per heavy atom. The van der Waals surface area contributed by atoms with Crippen molar-refractivity contribution in [2.45, 2.75) is 44.7 Å². The van der Waals surface area contributed by atoms with Gasteiger partial charge < -0.3 is 15.4 Å². The molecule has 0 aromatic heterocycles. The molecule has 1 saturated carbocycles. The number of amides is 2. The molecule has 2 aliphatic rings. The lowest BCUT2D eigenvalue weighted by Gasteiger charge is -2.37. The van der Waals surface area contributed by atoms with Gasteiger partial charge in [-0.3, -0.25) is 4.90 Å². The Morgan fingerprint density at radius 2 is 1.96 bits per heavy atom. The van der Waals surface area contributed by atoms with Gasteiger partial charge in [0.1, 0.15) is 5.75 Å². The highest BCUT2D eigenvalue weighted by Gasteiger charge is 2.28. The summed E-state index contributed by atoms with van der Waals surface area (Å²) < 4.78 is 5.56. The standard InChI is InChI=1S/C19H29N3O2/c1-14-9-11-22(12-10-14)17(13-20-19(23)21-15-7-8-15)16-5-3-4-6-18(16)24-2/h3-6,14-15,17H,7-13H2,1-2H3,(H2,20,21,23). The third-order valence-corrected chi connectivity index (χ3v) is 5.13. The van der Waals surface area contributed by atoms with E-state index in [1.54, 1.807) is 7.11 Å². The summed E-state index contributed by atoms with van der Waals surface area (Å²) in [6, 6.07) is 8.63. The van der Waals surface area contributed by atoms with Crippen LogP contribution in [0.25, 0.3) is 0 Å². The molecule has 1 aliphatic carbocycles. The topological polar surface area (TPSA) is 53.6 Å². The minimum Gasteiger partial charge on any atom is -0.496 e. The highest BCUT2D eigenvalue weighted by atomic mass is 16.5. The molecule has 0 spiro atoms. The number of methoxy groups -OCH3 is 1. The minimum absolute atomic E-state index is 0.0530. The Labute approximate surface area is 144 Å². The van der Waals surface area contributed by atoms with Crippen LogP contribution in [0.1, 0.15) is 44.2 Å². The highest BCUT2D eigenvalue weighted by Crippen LogP contribution is 2.32. The minimum atomic E-state index is -0.0530. The molecule has 1 atom stereocenters. The van der Waals surface area contributed by atoms with Crippen LogP contribution >= 0.6 is 0 Å². The monoisotopic (exact) mass is 331 g/mol. The van der Waals surface area contributed by atoms with Crippen LogP contribution in [0.4, 0.5) is 4.79 Å². The Hall–Kier alpha value is -1.75. The van der Waals surface area contributed by atoms with E-state index >= 15 is 0 Å². The van der Waals surface area contributed by atoms with Crippen molar-refractivity contribution in [2.24, 2.45) is 5.92 Å². The second-order valence-corrected chi connectivity index (χ2v) is 7.10. The Kier molecular flexibility index (Phi) is 5.61. The first-order chi connectivity index (χ1) is 11.7. The van der Waals surface area contributed by atoms with Gasteiger partial charge in [-0.25, -0.2) is 4.79 Å². The number of hydrogen-bond donors (Lipinski definition) is 2. The van der Waals surface area contributed by atoms with Crippen molar-refractivity contribution in [3.63, 3.8) is 0 Å². The molecule has 0 radical (unpaired) electrons. The summed E-state index contributed by atoms with van der Waals surface area (Å²) in [7, 11) is 1.71. The van der Waals surface area contributed by atoms with E-state index in [0.29, 0.717) is 12.6 Å². The molecule has 5 nitrogen and oxygen atoms in total. The number of carbonyl (C=O) groups is 1. The SMILES string of the molecule is COc1ccccc1C(CNC(=O)NC1CC1)N1CCC(C)CC1. The second kappa shape index (κ2) is 7.88. The quantitative estimate of drug-likeness (QED) is 0.843. The van der Waals surface area contributed by atoms with Crippen LogP contribution in [0.5, 0.6) is 5.75 Å². The molecule has 0 bridgehead atoms. The molecule has 24 heavy (non-hydrogen) atoms. The number of benzene rings is 1. The van der Waals surface area contributed by atoms with Crippen molar-refractivity contribution in [3.05, 3.63) is 29.8 Å². The summed E-state index contributed by atoms with van der Waals surface area (Å²) in [5.41, 5.74) is 1.15. The summed E-state index contributed by atoms with van der Waals surface area (Å²) in [5.74, 6) is 1.68. The summed E-state index contributed by atoms with van der Waals surface area (Å²) in [6.45, 7) is 5.05. The number of ether oxygens (including phenoxy) is 1. The van der Waals surface area contributed by atoms with Crippen molar-refractivity contribution in [3.8, 4) is 5.75 Å². The molecule has 1 aromatic rings. The number of urea groups is 1. The van der Waals surface area contributed by atoms with E-state index in [4.69, 9.17) is 4.74 Å². The maximum atomic E-state index is 12.0. The summed E-state index contributed by atoms with van der Waals surface area (Å²) in [5, 5.41) is 6.06. The molecule has 2 fully saturated rings. The first kappa shape index (κ1) is 17.1. The van der Waals surface area contributed by atoms with Gasteiger partial charge in [0.25, 0.3) is 0 Å². The maximum absolute atomic E-state index is 12.0. The first-order valence-electron chi connectivity index (χ1n) is 9.08. The van der Waals surface area contributed by atoms with E-state index in [0.717, 1.165) is 43.2 Å². The van der Waals surface area contributed by atoms with Crippen LogP contribution in [0.2, 0.25) is 0 Å². The van der Waals surface area contributed by atoms with Crippen LogP contribution in [0, 0.1) is 5.92 Å². The number of hydrogen-bond acceptors (Lipinski definition) is 3. The van der Waals surface area contributed by atoms with Crippen LogP contribution in [0.15, 0.2) is 24.3 Å². The molecule has 1 unspecified atom stereocenters. The van der Waals surface area contributed by atoms with Gasteiger partial charge in [0, 0.05) is 18.2 Å². The molecule has 1 heterocycles. The molecule has 132 valence electrons. The molecular weight excluding hydrogens is 302 g/mol. The fraction of sp³-hybridized carbons (Fsp3) is 0.632. The second-order valence-electron chi connectivity index (χ2n) is 7.10. The van der Waals surface area contributed by atoms with Crippen LogP contribution in [-0.4, -0.2) is 43.7 Å². The van der Waals surface area contributed by atoms with Gasteiger partial charge in [-0.2, -0.15) is 0 Å². The van der Waals surface area contributed by atoms with Gasteiger partial charge in [-0.1, -0.05) is 25.1 Å². The predicted octanol–water partition coefficient (Wildman–Crippen LogP) is 2.93. The lowest BCUT2D eigenvalue weighted by atomic mass is 9.95. The normalized spacial score (nSPS) is 20.4. The zero-order chi connectivity index (χ0) is 16.9. The third-order valence-electron chi connectivity index (χ3n) is 5.13. The number of nitrogens with one attached hydrogen (secondary N) is 2. The number of rotatable bonds is 6. The van der Waals surface area contributed by atoms with Crippen molar-refractivity contribution in [1.82, 2.24) is 15.5 Å². The Bertz CT molecular complexity index is 551. The fourth-order valence-corrected chi connectivity index (χ4v) is 3.37. The summed E-state index contributed by atoms with van der Waals surface area (Å²) in [4.78, 5) is 14.5. The van der Waals surface area contributed by atoms with Crippen LogP contribution < -0.4 is 15.4 Å². The summed E-state index contributed by atoms with van der Waals surface area (Å²) >= 11 is 0. The number of carbonyl (C=O) groups excluding carboxylic acids is 1. The van der Waals surface area contributed by atoms with E-state index in [9.17, 15) is 4.79 Å². The predicted molar refractivity (Wildman–Crippen MR) is 95.3 cm³/mol. The van der Waals surface area contributed by atoms with Gasteiger partial charge in [0.2, 0.25) is 0 Å². The van der Waals surface area contributed by atoms with E-state index < -0.39 is 0 Å². The highest BCUT2D eigenvalue weighted by molar-refractivity contribution is 5.74. The number of likely N-dealkylation sites (tertiary alicyclic amines) is 1.